The lowest BCUT2D eigenvalue weighted by Gasteiger charge is -2.26. The zero-order chi connectivity index (χ0) is 11.3. The molecule has 0 N–H and O–H groups in total. The van der Waals surface area contributed by atoms with Crippen molar-refractivity contribution in [1.29, 1.82) is 5.26 Å². The van der Waals surface area contributed by atoms with Crippen molar-refractivity contribution >= 4 is 0 Å². The van der Waals surface area contributed by atoms with E-state index < -0.39 is 12.6 Å². The smallest absolute Gasteiger partial charge is 0.287 e. The molecular formula is C10H15F3N2. The largest absolute Gasteiger partial charge is 0.390 e. The molecule has 0 unspecified atom stereocenters. The first-order valence-electron chi connectivity index (χ1n) is 5.20. The summed E-state index contributed by atoms with van der Waals surface area (Å²) >= 11 is 0. The van der Waals surface area contributed by atoms with Gasteiger partial charge in [0.2, 0.25) is 0 Å². The van der Waals surface area contributed by atoms with Gasteiger partial charge in [-0.05, 0) is 12.8 Å². The molecule has 0 aromatic carbocycles. The third kappa shape index (κ3) is 4.52. The van der Waals surface area contributed by atoms with Crippen LogP contribution in [0.5, 0.6) is 0 Å². The van der Waals surface area contributed by atoms with E-state index in [1.807, 2.05) is 6.07 Å². The number of alkyl halides is 3. The van der Waals surface area contributed by atoms with Crippen LogP contribution in [0.2, 0.25) is 0 Å². The average molecular weight is 220 g/mol. The molecule has 0 bridgehead atoms. The fourth-order valence-electron chi connectivity index (χ4n) is 2.02. The van der Waals surface area contributed by atoms with Crippen LogP contribution in [0, 0.1) is 11.3 Å². The molecule has 5 heteroatoms. The summed E-state index contributed by atoms with van der Waals surface area (Å²) in [4.78, 5) is 1.67. The molecule has 0 radical (unpaired) electrons. The third-order valence-corrected chi connectivity index (χ3v) is 2.80. The number of nitrogens with zero attached hydrogens (tertiary/aromatic N) is 2. The summed E-state index contributed by atoms with van der Waals surface area (Å²) < 4.78 is 36.1. The Bertz CT molecular complexity index is 226. The van der Waals surface area contributed by atoms with E-state index in [2.05, 4.69) is 0 Å². The van der Waals surface area contributed by atoms with E-state index in [0.29, 0.717) is 0 Å². The second-order valence-corrected chi connectivity index (χ2v) is 3.93. The van der Waals surface area contributed by atoms with E-state index >= 15 is 0 Å². The highest BCUT2D eigenvalue weighted by Crippen LogP contribution is 2.26. The topological polar surface area (TPSA) is 27.0 Å². The molecule has 1 saturated carbocycles. The molecule has 0 aromatic heterocycles. The highest BCUT2D eigenvalue weighted by Gasteiger charge is 2.30. The van der Waals surface area contributed by atoms with Gasteiger partial charge in [-0.3, -0.25) is 4.90 Å². The summed E-state index contributed by atoms with van der Waals surface area (Å²) in [5.41, 5.74) is 0. The van der Waals surface area contributed by atoms with E-state index in [4.69, 9.17) is 5.26 Å². The second-order valence-electron chi connectivity index (χ2n) is 3.93. The Morgan fingerprint density at radius 1 is 1.27 bits per heavy atom. The molecule has 1 aliphatic carbocycles. The molecule has 15 heavy (non-hydrogen) atoms. The van der Waals surface area contributed by atoms with Crippen molar-refractivity contribution in [2.24, 2.45) is 0 Å². The van der Waals surface area contributed by atoms with Crippen LogP contribution in [0.1, 0.15) is 32.1 Å². The summed E-state index contributed by atoms with van der Waals surface area (Å²) in [6.45, 7) is 0.0719. The first-order valence-corrected chi connectivity index (χ1v) is 5.20. The van der Waals surface area contributed by atoms with Gasteiger partial charge in [0, 0.05) is 12.6 Å². The van der Waals surface area contributed by atoms with Crippen molar-refractivity contribution in [2.75, 3.05) is 13.1 Å². The monoisotopic (exact) mass is 220 g/mol. The van der Waals surface area contributed by atoms with E-state index in [0.717, 1.165) is 25.7 Å². The number of rotatable bonds is 4. The second kappa shape index (κ2) is 5.36. The SMILES string of the molecule is N#CCN(CCC(F)(F)F)C1CCCC1. The predicted octanol–water partition coefficient (Wildman–Crippen LogP) is 2.71. The summed E-state index contributed by atoms with van der Waals surface area (Å²) in [5, 5.41) is 8.55. The first-order chi connectivity index (χ1) is 7.03. The summed E-state index contributed by atoms with van der Waals surface area (Å²) in [6, 6.07) is 2.13. The molecule has 0 saturated heterocycles. The zero-order valence-corrected chi connectivity index (χ0v) is 8.56. The lowest BCUT2D eigenvalue weighted by Crippen LogP contribution is -2.36. The van der Waals surface area contributed by atoms with Crippen LogP contribution >= 0.6 is 0 Å². The van der Waals surface area contributed by atoms with Crippen LogP contribution < -0.4 is 0 Å². The predicted molar refractivity (Wildman–Crippen MR) is 50.1 cm³/mol. The minimum Gasteiger partial charge on any atom is -0.287 e. The molecule has 1 fully saturated rings. The summed E-state index contributed by atoms with van der Waals surface area (Å²) in [5.74, 6) is 0. The van der Waals surface area contributed by atoms with Crippen molar-refractivity contribution in [1.82, 2.24) is 4.90 Å². The van der Waals surface area contributed by atoms with Gasteiger partial charge in [0.05, 0.1) is 19.0 Å². The van der Waals surface area contributed by atoms with Crippen LogP contribution in [0.4, 0.5) is 13.2 Å². The Kier molecular flexibility index (Phi) is 4.40. The lowest BCUT2D eigenvalue weighted by atomic mass is 10.2. The van der Waals surface area contributed by atoms with Gasteiger partial charge < -0.3 is 0 Å². The molecule has 0 heterocycles. The van der Waals surface area contributed by atoms with E-state index in [9.17, 15) is 13.2 Å². The molecule has 0 atom stereocenters. The molecule has 86 valence electrons. The van der Waals surface area contributed by atoms with E-state index in [1.165, 1.54) is 0 Å². The number of hydrogen-bond donors (Lipinski definition) is 0. The fourth-order valence-corrected chi connectivity index (χ4v) is 2.02. The van der Waals surface area contributed by atoms with Gasteiger partial charge in [-0.1, -0.05) is 12.8 Å². The van der Waals surface area contributed by atoms with Crippen molar-refractivity contribution < 1.29 is 13.2 Å². The Labute approximate surface area is 87.7 Å². The standard InChI is InChI=1S/C10H15F3N2/c11-10(12,13)5-7-15(8-6-14)9-3-1-2-4-9/h9H,1-5,7-8H2. The maximum Gasteiger partial charge on any atom is 0.390 e. The normalized spacial score (nSPS) is 18.3. The van der Waals surface area contributed by atoms with Gasteiger partial charge in [0.15, 0.2) is 0 Å². The van der Waals surface area contributed by atoms with Crippen LogP contribution in [-0.2, 0) is 0 Å². The van der Waals surface area contributed by atoms with Crippen LogP contribution in [-0.4, -0.2) is 30.2 Å². The van der Waals surface area contributed by atoms with Crippen LogP contribution in [0.15, 0.2) is 0 Å². The number of hydrogen-bond acceptors (Lipinski definition) is 2. The minimum atomic E-state index is -4.12. The van der Waals surface area contributed by atoms with Gasteiger partial charge in [-0.25, -0.2) is 0 Å². The van der Waals surface area contributed by atoms with Crippen molar-refractivity contribution in [3.8, 4) is 6.07 Å². The quantitative estimate of drug-likeness (QED) is 0.681. The highest BCUT2D eigenvalue weighted by atomic mass is 19.4. The van der Waals surface area contributed by atoms with Crippen molar-refractivity contribution in [2.45, 2.75) is 44.3 Å². The summed E-state index contributed by atoms with van der Waals surface area (Å²) in [6.07, 6.45) is -0.937. The fraction of sp³-hybridized carbons (Fsp3) is 0.900. The molecule has 0 spiro atoms. The van der Waals surface area contributed by atoms with Gasteiger partial charge in [-0.2, -0.15) is 18.4 Å². The Morgan fingerprint density at radius 3 is 2.33 bits per heavy atom. The zero-order valence-electron chi connectivity index (χ0n) is 8.56. The third-order valence-electron chi connectivity index (χ3n) is 2.80. The van der Waals surface area contributed by atoms with Crippen molar-refractivity contribution in [3.63, 3.8) is 0 Å². The summed E-state index contributed by atoms with van der Waals surface area (Å²) in [7, 11) is 0. The van der Waals surface area contributed by atoms with Gasteiger partial charge in [-0.15, -0.1) is 0 Å². The van der Waals surface area contributed by atoms with E-state index in [1.54, 1.807) is 4.90 Å². The average Bonchev–Trinajstić information content (AvgIpc) is 2.63. The molecule has 1 aliphatic rings. The van der Waals surface area contributed by atoms with Gasteiger partial charge in [0.25, 0.3) is 0 Å². The molecule has 0 aliphatic heterocycles. The van der Waals surface area contributed by atoms with Gasteiger partial charge in [0.1, 0.15) is 0 Å². The highest BCUT2D eigenvalue weighted by molar-refractivity contribution is 4.84. The molecule has 2 nitrogen and oxygen atoms in total. The van der Waals surface area contributed by atoms with Crippen LogP contribution in [0.3, 0.4) is 0 Å². The molecule has 0 aromatic rings. The number of nitriles is 1. The van der Waals surface area contributed by atoms with E-state index in [-0.39, 0.29) is 19.1 Å². The maximum absolute atomic E-state index is 12.0. The molecule has 0 amide bonds. The van der Waals surface area contributed by atoms with Gasteiger partial charge >= 0.3 is 6.18 Å². The van der Waals surface area contributed by atoms with Crippen LogP contribution in [0.25, 0.3) is 0 Å². The Balaban J connectivity index is 2.40. The lowest BCUT2D eigenvalue weighted by molar-refractivity contribution is -0.138. The first kappa shape index (κ1) is 12.3. The Hall–Kier alpha value is -0.760. The molecule has 1 rings (SSSR count). The molecular weight excluding hydrogens is 205 g/mol. The maximum atomic E-state index is 12.0. The van der Waals surface area contributed by atoms with Crippen molar-refractivity contribution in [3.05, 3.63) is 0 Å². The number of halogens is 3. The minimum absolute atomic E-state index is 0.0400. The Morgan fingerprint density at radius 2 is 1.87 bits per heavy atom.